The third-order valence-corrected chi connectivity index (χ3v) is 6.46. The highest BCUT2D eigenvalue weighted by Gasteiger charge is 2.22. The van der Waals surface area contributed by atoms with Gasteiger partial charge in [-0.05, 0) is 80.1 Å². The SMILES string of the molecule is CCCCCC1CC=C(c2ccc(C(=O)O[C@H]3CC[C@H](C)CC3)cc2)CC1. The second-order valence-corrected chi connectivity index (χ2v) is 8.73. The highest BCUT2D eigenvalue weighted by Crippen LogP contribution is 2.33. The van der Waals surface area contributed by atoms with Crippen LogP contribution in [0.2, 0.25) is 0 Å². The van der Waals surface area contributed by atoms with Gasteiger partial charge in [0, 0.05) is 0 Å². The van der Waals surface area contributed by atoms with E-state index in [1.807, 2.05) is 12.1 Å². The molecule has 1 aromatic rings. The smallest absolute Gasteiger partial charge is 0.338 e. The average molecular weight is 369 g/mol. The molecule has 1 aromatic carbocycles. The number of benzene rings is 1. The van der Waals surface area contributed by atoms with Crippen molar-refractivity contribution in [1.29, 1.82) is 0 Å². The van der Waals surface area contributed by atoms with Crippen molar-refractivity contribution >= 4 is 11.5 Å². The molecule has 0 amide bonds. The van der Waals surface area contributed by atoms with Crippen molar-refractivity contribution in [3.63, 3.8) is 0 Å². The van der Waals surface area contributed by atoms with E-state index >= 15 is 0 Å². The van der Waals surface area contributed by atoms with Crippen LogP contribution in [0, 0.1) is 11.8 Å². The largest absolute Gasteiger partial charge is 0.459 e. The zero-order chi connectivity index (χ0) is 19.1. The van der Waals surface area contributed by atoms with E-state index in [9.17, 15) is 4.79 Å². The summed E-state index contributed by atoms with van der Waals surface area (Å²) in [6.45, 7) is 4.55. The first-order chi connectivity index (χ1) is 13.2. The van der Waals surface area contributed by atoms with Crippen molar-refractivity contribution in [2.45, 2.75) is 90.6 Å². The summed E-state index contributed by atoms with van der Waals surface area (Å²) in [5, 5.41) is 0. The van der Waals surface area contributed by atoms with E-state index in [1.165, 1.54) is 68.9 Å². The first-order valence-electron chi connectivity index (χ1n) is 11.2. The predicted octanol–water partition coefficient (Wildman–Crippen LogP) is 7.19. The summed E-state index contributed by atoms with van der Waals surface area (Å²) in [6, 6.07) is 8.08. The molecule has 0 heterocycles. The molecule has 148 valence electrons. The van der Waals surface area contributed by atoms with E-state index in [4.69, 9.17) is 4.74 Å². The van der Waals surface area contributed by atoms with Gasteiger partial charge in [0.2, 0.25) is 0 Å². The molecule has 0 radical (unpaired) electrons. The summed E-state index contributed by atoms with van der Waals surface area (Å²) in [4.78, 5) is 12.4. The molecule has 0 aromatic heterocycles. The molecule has 1 unspecified atom stereocenters. The van der Waals surface area contributed by atoms with Crippen molar-refractivity contribution in [1.82, 2.24) is 0 Å². The van der Waals surface area contributed by atoms with Gasteiger partial charge in [-0.3, -0.25) is 0 Å². The molecule has 2 heteroatoms. The molecule has 0 spiro atoms. The molecule has 2 aliphatic rings. The number of hydrogen-bond acceptors (Lipinski definition) is 2. The normalized spacial score (nSPS) is 25.7. The minimum atomic E-state index is -0.158. The summed E-state index contributed by atoms with van der Waals surface area (Å²) in [5.41, 5.74) is 3.40. The molecule has 0 N–H and O–H groups in total. The monoisotopic (exact) mass is 368 g/mol. The Labute approximate surface area is 165 Å². The summed E-state index contributed by atoms with van der Waals surface area (Å²) in [5.74, 6) is 1.48. The van der Waals surface area contributed by atoms with Crippen LogP contribution >= 0.6 is 0 Å². The fraction of sp³-hybridized carbons (Fsp3) is 0.640. The summed E-state index contributed by atoms with van der Waals surface area (Å²) >= 11 is 0. The molecule has 27 heavy (non-hydrogen) atoms. The van der Waals surface area contributed by atoms with Crippen molar-refractivity contribution in [3.8, 4) is 0 Å². The van der Waals surface area contributed by atoms with Gasteiger partial charge >= 0.3 is 5.97 Å². The fourth-order valence-electron chi connectivity index (χ4n) is 4.48. The molecule has 2 nitrogen and oxygen atoms in total. The highest BCUT2D eigenvalue weighted by molar-refractivity contribution is 5.90. The third kappa shape index (κ3) is 5.96. The van der Waals surface area contributed by atoms with Crippen LogP contribution in [0.1, 0.15) is 100 Å². The van der Waals surface area contributed by atoms with Crippen LogP contribution in [-0.2, 0) is 4.74 Å². The van der Waals surface area contributed by atoms with Gasteiger partial charge in [-0.25, -0.2) is 4.79 Å². The number of ether oxygens (including phenoxy) is 1. The van der Waals surface area contributed by atoms with Crippen molar-refractivity contribution in [3.05, 3.63) is 41.5 Å². The van der Waals surface area contributed by atoms with Crippen molar-refractivity contribution in [2.24, 2.45) is 11.8 Å². The Kier molecular flexibility index (Phi) is 7.55. The summed E-state index contributed by atoms with van der Waals surface area (Å²) < 4.78 is 5.72. The van der Waals surface area contributed by atoms with Gasteiger partial charge < -0.3 is 4.74 Å². The van der Waals surface area contributed by atoms with Crippen molar-refractivity contribution < 1.29 is 9.53 Å². The topological polar surface area (TPSA) is 26.3 Å². The second kappa shape index (κ2) is 10.1. The maximum Gasteiger partial charge on any atom is 0.338 e. The zero-order valence-corrected chi connectivity index (χ0v) is 17.2. The van der Waals surface area contributed by atoms with Crippen LogP contribution < -0.4 is 0 Å². The quantitative estimate of drug-likeness (QED) is 0.376. The molecular weight excluding hydrogens is 332 g/mol. The Morgan fingerprint density at radius 1 is 1.04 bits per heavy atom. The van der Waals surface area contributed by atoms with Gasteiger partial charge in [0.05, 0.1) is 5.56 Å². The Morgan fingerprint density at radius 3 is 2.41 bits per heavy atom. The minimum Gasteiger partial charge on any atom is -0.459 e. The molecule has 1 saturated carbocycles. The van der Waals surface area contributed by atoms with Crippen LogP contribution in [0.4, 0.5) is 0 Å². The molecule has 0 bridgehead atoms. The molecular formula is C25H36O2. The number of esters is 1. The van der Waals surface area contributed by atoms with Gasteiger partial charge in [-0.2, -0.15) is 0 Å². The van der Waals surface area contributed by atoms with E-state index < -0.39 is 0 Å². The number of carbonyl (C=O) groups excluding carboxylic acids is 1. The molecule has 1 fully saturated rings. The van der Waals surface area contributed by atoms with Gasteiger partial charge in [0.1, 0.15) is 6.10 Å². The maximum absolute atomic E-state index is 12.4. The van der Waals surface area contributed by atoms with Crippen LogP contribution in [0.3, 0.4) is 0 Å². The van der Waals surface area contributed by atoms with E-state index in [0.29, 0.717) is 5.56 Å². The number of unbranched alkanes of at least 4 members (excludes halogenated alkanes) is 2. The predicted molar refractivity (Wildman–Crippen MR) is 113 cm³/mol. The van der Waals surface area contributed by atoms with E-state index in [0.717, 1.165) is 24.7 Å². The Morgan fingerprint density at radius 2 is 1.78 bits per heavy atom. The van der Waals surface area contributed by atoms with E-state index in [-0.39, 0.29) is 12.1 Å². The molecule has 0 aliphatic heterocycles. The van der Waals surface area contributed by atoms with Gasteiger partial charge in [0.15, 0.2) is 0 Å². The fourth-order valence-corrected chi connectivity index (χ4v) is 4.48. The van der Waals surface area contributed by atoms with Crippen LogP contribution in [0.5, 0.6) is 0 Å². The van der Waals surface area contributed by atoms with Crippen LogP contribution in [-0.4, -0.2) is 12.1 Å². The second-order valence-electron chi connectivity index (χ2n) is 8.73. The average Bonchev–Trinajstić information content (AvgIpc) is 2.70. The number of rotatable bonds is 7. The number of allylic oxidation sites excluding steroid dienone is 2. The lowest BCUT2D eigenvalue weighted by molar-refractivity contribution is 0.0174. The highest BCUT2D eigenvalue weighted by atomic mass is 16.5. The van der Waals surface area contributed by atoms with Gasteiger partial charge in [0.25, 0.3) is 0 Å². The molecule has 2 aliphatic carbocycles. The lowest BCUT2D eigenvalue weighted by Crippen LogP contribution is -2.23. The number of hydrogen-bond donors (Lipinski definition) is 0. The van der Waals surface area contributed by atoms with E-state index in [1.54, 1.807) is 0 Å². The van der Waals surface area contributed by atoms with Gasteiger partial charge in [-0.1, -0.05) is 57.7 Å². The minimum absolute atomic E-state index is 0.110. The standard InChI is InChI=1S/C25H36O2/c1-3-4-5-6-20-9-11-21(12-10-20)22-13-15-23(16-14-22)25(26)27-24-17-7-19(2)8-18-24/h11,13-16,19-20,24H,3-10,12,17-18H2,1-2H3/t19-,20?,24-. The summed E-state index contributed by atoms with van der Waals surface area (Å²) in [7, 11) is 0. The lowest BCUT2D eigenvalue weighted by Gasteiger charge is -2.26. The van der Waals surface area contributed by atoms with Crippen molar-refractivity contribution in [2.75, 3.05) is 0 Å². The number of carbonyl (C=O) groups is 1. The lowest BCUT2D eigenvalue weighted by atomic mass is 9.84. The maximum atomic E-state index is 12.4. The molecule has 3 rings (SSSR count). The van der Waals surface area contributed by atoms with Crippen LogP contribution in [0.25, 0.3) is 5.57 Å². The van der Waals surface area contributed by atoms with Crippen LogP contribution in [0.15, 0.2) is 30.3 Å². The molecule has 0 saturated heterocycles. The Balaban J connectivity index is 1.50. The summed E-state index contributed by atoms with van der Waals surface area (Å²) in [6.07, 6.45) is 16.0. The first-order valence-corrected chi connectivity index (χ1v) is 11.2. The third-order valence-electron chi connectivity index (χ3n) is 6.46. The van der Waals surface area contributed by atoms with Gasteiger partial charge in [-0.15, -0.1) is 0 Å². The molecule has 1 atom stereocenters. The first kappa shape index (κ1) is 20.2. The Bertz CT molecular complexity index is 620. The zero-order valence-electron chi connectivity index (χ0n) is 17.2. The Hall–Kier alpha value is -1.57. The van der Waals surface area contributed by atoms with E-state index in [2.05, 4.69) is 32.1 Å².